The molecule has 0 bridgehead atoms. The summed E-state index contributed by atoms with van der Waals surface area (Å²) in [6, 6.07) is 8.30. The van der Waals surface area contributed by atoms with Crippen molar-refractivity contribution >= 4 is 11.6 Å². The van der Waals surface area contributed by atoms with Gasteiger partial charge in [-0.15, -0.1) is 0 Å². The van der Waals surface area contributed by atoms with Crippen LogP contribution < -0.4 is 4.90 Å². The quantitative estimate of drug-likeness (QED) is 0.785. The minimum atomic E-state index is 0.0591. The number of anilines is 1. The van der Waals surface area contributed by atoms with Gasteiger partial charge < -0.3 is 9.64 Å². The van der Waals surface area contributed by atoms with Crippen LogP contribution in [0.4, 0.5) is 5.69 Å². The third-order valence-corrected chi connectivity index (χ3v) is 3.45. The molecule has 1 aromatic rings. The first-order valence-electron chi connectivity index (χ1n) is 6.10. The summed E-state index contributed by atoms with van der Waals surface area (Å²) in [7, 11) is 1.80. The monoisotopic (exact) mass is 233 g/mol. The number of carbonyl (C=O) groups is 1. The first-order chi connectivity index (χ1) is 8.18. The van der Waals surface area contributed by atoms with Gasteiger partial charge in [0.1, 0.15) is 0 Å². The maximum Gasteiger partial charge on any atom is 0.223 e. The van der Waals surface area contributed by atoms with Gasteiger partial charge in [0, 0.05) is 32.9 Å². The van der Waals surface area contributed by atoms with E-state index in [1.807, 2.05) is 12.1 Å². The van der Waals surface area contributed by atoms with Crippen LogP contribution in [-0.4, -0.2) is 26.2 Å². The standard InChI is InChI=1S/C14H19NO2/c1-11(16)15(2)14-5-3-12(4-6-14)13-7-9-17-10-8-13/h3-6,13H,7-10H2,1-2H3. The molecule has 1 fully saturated rings. The maximum absolute atomic E-state index is 11.2. The van der Waals surface area contributed by atoms with Gasteiger partial charge in [-0.1, -0.05) is 12.1 Å². The van der Waals surface area contributed by atoms with Gasteiger partial charge in [-0.25, -0.2) is 0 Å². The van der Waals surface area contributed by atoms with Crippen LogP contribution in [0, 0.1) is 0 Å². The first-order valence-corrected chi connectivity index (χ1v) is 6.10. The fourth-order valence-electron chi connectivity index (χ4n) is 2.18. The van der Waals surface area contributed by atoms with Gasteiger partial charge in [-0.05, 0) is 36.5 Å². The molecule has 1 aliphatic rings. The minimum absolute atomic E-state index is 0.0591. The van der Waals surface area contributed by atoms with Crippen LogP contribution in [0.1, 0.15) is 31.2 Å². The first kappa shape index (κ1) is 12.1. The summed E-state index contributed by atoms with van der Waals surface area (Å²) in [6.45, 7) is 3.30. The highest BCUT2D eigenvalue weighted by atomic mass is 16.5. The molecule has 0 radical (unpaired) electrons. The zero-order valence-corrected chi connectivity index (χ0v) is 10.5. The Hall–Kier alpha value is -1.35. The van der Waals surface area contributed by atoms with Gasteiger partial charge in [0.05, 0.1) is 0 Å². The van der Waals surface area contributed by atoms with Gasteiger partial charge in [0.15, 0.2) is 0 Å². The number of benzene rings is 1. The van der Waals surface area contributed by atoms with Crippen LogP contribution in [0.5, 0.6) is 0 Å². The van der Waals surface area contributed by atoms with Crippen molar-refractivity contribution in [3.63, 3.8) is 0 Å². The van der Waals surface area contributed by atoms with Crippen molar-refractivity contribution in [2.75, 3.05) is 25.2 Å². The zero-order valence-electron chi connectivity index (χ0n) is 10.5. The average Bonchev–Trinajstić information content (AvgIpc) is 2.39. The molecule has 0 unspecified atom stereocenters. The Kier molecular flexibility index (Phi) is 3.79. The smallest absolute Gasteiger partial charge is 0.223 e. The van der Waals surface area contributed by atoms with E-state index < -0.39 is 0 Å². The van der Waals surface area contributed by atoms with E-state index in [0.717, 1.165) is 31.7 Å². The summed E-state index contributed by atoms with van der Waals surface area (Å²) in [5.74, 6) is 0.671. The van der Waals surface area contributed by atoms with Crippen molar-refractivity contribution in [1.29, 1.82) is 0 Å². The lowest BCUT2D eigenvalue weighted by atomic mass is 9.92. The predicted octanol–water partition coefficient (Wildman–Crippen LogP) is 2.56. The van der Waals surface area contributed by atoms with E-state index >= 15 is 0 Å². The molecular weight excluding hydrogens is 214 g/mol. The summed E-state index contributed by atoms with van der Waals surface area (Å²) in [6.07, 6.45) is 2.20. The van der Waals surface area contributed by atoms with Crippen LogP contribution in [0.2, 0.25) is 0 Å². The lowest BCUT2D eigenvalue weighted by Gasteiger charge is -2.23. The second-order valence-electron chi connectivity index (χ2n) is 4.56. The van der Waals surface area contributed by atoms with E-state index in [1.54, 1.807) is 18.9 Å². The Morgan fingerprint density at radius 1 is 1.24 bits per heavy atom. The SMILES string of the molecule is CC(=O)N(C)c1ccc(C2CCOCC2)cc1. The van der Waals surface area contributed by atoms with Crippen molar-refractivity contribution in [3.05, 3.63) is 29.8 Å². The van der Waals surface area contributed by atoms with Crippen molar-refractivity contribution in [2.45, 2.75) is 25.7 Å². The molecule has 1 aliphatic heterocycles. The van der Waals surface area contributed by atoms with E-state index in [4.69, 9.17) is 4.74 Å². The zero-order chi connectivity index (χ0) is 12.3. The average molecular weight is 233 g/mol. The molecule has 17 heavy (non-hydrogen) atoms. The highest BCUT2D eigenvalue weighted by Crippen LogP contribution is 2.28. The summed E-state index contributed by atoms with van der Waals surface area (Å²) in [5, 5.41) is 0. The van der Waals surface area contributed by atoms with Gasteiger partial charge in [0.2, 0.25) is 5.91 Å². The Labute approximate surface area is 102 Å². The topological polar surface area (TPSA) is 29.5 Å². The van der Waals surface area contributed by atoms with Crippen LogP contribution in [0.15, 0.2) is 24.3 Å². The molecule has 1 amide bonds. The highest BCUT2D eigenvalue weighted by Gasteiger charge is 2.16. The van der Waals surface area contributed by atoms with E-state index in [1.165, 1.54) is 5.56 Å². The molecule has 0 saturated carbocycles. The fourth-order valence-corrected chi connectivity index (χ4v) is 2.18. The third-order valence-electron chi connectivity index (χ3n) is 3.45. The number of nitrogens with zero attached hydrogens (tertiary/aromatic N) is 1. The molecule has 0 atom stereocenters. The molecule has 1 saturated heterocycles. The van der Waals surface area contributed by atoms with E-state index in [9.17, 15) is 4.79 Å². The minimum Gasteiger partial charge on any atom is -0.381 e. The molecular formula is C14H19NO2. The molecule has 1 aromatic carbocycles. The van der Waals surface area contributed by atoms with Crippen molar-refractivity contribution in [3.8, 4) is 0 Å². The molecule has 0 N–H and O–H groups in total. The fraction of sp³-hybridized carbons (Fsp3) is 0.500. The normalized spacial score (nSPS) is 16.8. The van der Waals surface area contributed by atoms with Crippen LogP contribution >= 0.6 is 0 Å². The number of rotatable bonds is 2. The lowest BCUT2D eigenvalue weighted by Crippen LogP contribution is -2.22. The predicted molar refractivity (Wildman–Crippen MR) is 68.3 cm³/mol. The van der Waals surface area contributed by atoms with E-state index in [-0.39, 0.29) is 5.91 Å². The molecule has 3 nitrogen and oxygen atoms in total. The van der Waals surface area contributed by atoms with E-state index in [0.29, 0.717) is 5.92 Å². The van der Waals surface area contributed by atoms with Crippen LogP contribution in [-0.2, 0) is 9.53 Å². The number of carbonyl (C=O) groups excluding carboxylic acids is 1. The molecule has 2 rings (SSSR count). The van der Waals surface area contributed by atoms with Crippen molar-refractivity contribution in [1.82, 2.24) is 0 Å². The van der Waals surface area contributed by atoms with Gasteiger partial charge in [-0.2, -0.15) is 0 Å². The molecule has 3 heteroatoms. The number of hydrogen-bond acceptors (Lipinski definition) is 2. The summed E-state index contributed by atoms with van der Waals surface area (Å²) in [4.78, 5) is 12.9. The third kappa shape index (κ3) is 2.86. The van der Waals surface area contributed by atoms with Gasteiger partial charge in [0.25, 0.3) is 0 Å². The largest absolute Gasteiger partial charge is 0.381 e. The van der Waals surface area contributed by atoms with Crippen molar-refractivity contribution < 1.29 is 9.53 Å². The molecule has 92 valence electrons. The molecule has 1 heterocycles. The van der Waals surface area contributed by atoms with Crippen LogP contribution in [0.25, 0.3) is 0 Å². The highest BCUT2D eigenvalue weighted by molar-refractivity contribution is 5.90. The maximum atomic E-state index is 11.2. The van der Waals surface area contributed by atoms with Gasteiger partial charge in [-0.3, -0.25) is 4.79 Å². The lowest BCUT2D eigenvalue weighted by molar-refractivity contribution is -0.116. The summed E-state index contributed by atoms with van der Waals surface area (Å²) in [5.41, 5.74) is 2.31. The second-order valence-corrected chi connectivity index (χ2v) is 4.56. The Morgan fingerprint density at radius 2 is 1.82 bits per heavy atom. The molecule has 0 aromatic heterocycles. The Balaban J connectivity index is 2.09. The van der Waals surface area contributed by atoms with E-state index in [2.05, 4.69) is 12.1 Å². The molecule has 0 spiro atoms. The Morgan fingerprint density at radius 3 is 2.35 bits per heavy atom. The van der Waals surface area contributed by atoms with Gasteiger partial charge >= 0.3 is 0 Å². The second kappa shape index (κ2) is 5.32. The molecule has 0 aliphatic carbocycles. The number of hydrogen-bond donors (Lipinski definition) is 0. The number of ether oxygens (including phenoxy) is 1. The summed E-state index contributed by atoms with van der Waals surface area (Å²) >= 11 is 0. The Bertz CT molecular complexity index is 380. The summed E-state index contributed by atoms with van der Waals surface area (Å²) < 4.78 is 5.36. The van der Waals surface area contributed by atoms with Crippen molar-refractivity contribution in [2.24, 2.45) is 0 Å². The number of amides is 1. The van der Waals surface area contributed by atoms with Crippen LogP contribution in [0.3, 0.4) is 0 Å².